The van der Waals surface area contributed by atoms with Gasteiger partial charge in [0.2, 0.25) is 11.8 Å². The molecule has 3 N–H and O–H groups in total. The van der Waals surface area contributed by atoms with Crippen molar-refractivity contribution in [3.8, 4) is 0 Å². The fourth-order valence-corrected chi connectivity index (χ4v) is 5.06. The van der Waals surface area contributed by atoms with Gasteiger partial charge in [-0.1, -0.05) is 43.2 Å². The predicted octanol–water partition coefficient (Wildman–Crippen LogP) is 2.34. The molecule has 1 saturated heterocycles. The van der Waals surface area contributed by atoms with Crippen LogP contribution in [-0.2, 0) is 14.4 Å². The Labute approximate surface area is 186 Å². The van der Waals surface area contributed by atoms with Crippen LogP contribution >= 0.6 is 0 Å². The largest absolute Gasteiger partial charge is 0.480 e. The van der Waals surface area contributed by atoms with Crippen LogP contribution in [0.2, 0.25) is 0 Å². The van der Waals surface area contributed by atoms with Gasteiger partial charge in [0.15, 0.2) is 0 Å². The number of anilines is 1. The fraction of sp³-hybridized carbons (Fsp3) is 0.478. The number of rotatable bonds is 7. The number of likely N-dealkylation sites (tertiary alicyclic amines) is 1. The Balaban J connectivity index is 1.56. The maximum atomic E-state index is 13.0. The van der Waals surface area contributed by atoms with Crippen LogP contribution in [0.4, 0.5) is 5.82 Å². The topological polar surface area (TPSA) is 117 Å². The number of hydrogen-bond donors (Lipinski definition) is 3. The highest BCUT2D eigenvalue weighted by molar-refractivity contribution is 5.92. The highest BCUT2D eigenvalue weighted by atomic mass is 16.4. The summed E-state index contributed by atoms with van der Waals surface area (Å²) in [7, 11) is 0. The zero-order valence-corrected chi connectivity index (χ0v) is 18.1. The van der Waals surface area contributed by atoms with Crippen LogP contribution in [0, 0.1) is 0 Å². The summed E-state index contributed by atoms with van der Waals surface area (Å²) < 4.78 is 1.86. The van der Waals surface area contributed by atoms with E-state index in [9.17, 15) is 19.5 Å². The second kappa shape index (κ2) is 9.52. The summed E-state index contributed by atoms with van der Waals surface area (Å²) in [4.78, 5) is 38.5. The lowest BCUT2D eigenvalue weighted by molar-refractivity contribution is -0.143. The van der Waals surface area contributed by atoms with Gasteiger partial charge in [-0.15, -0.1) is 0 Å². The molecule has 4 rings (SSSR count). The van der Waals surface area contributed by atoms with Gasteiger partial charge in [0.25, 0.3) is 0 Å². The van der Waals surface area contributed by atoms with Crippen LogP contribution in [0.3, 0.4) is 0 Å². The number of aromatic nitrogens is 2. The minimum atomic E-state index is -1.01. The molecular weight excluding hydrogens is 410 g/mol. The van der Waals surface area contributed by atoms with Gasteiger partial charge in [-0.3, -0.25) is 19.3 Å². The molecule has 9 heteroatoms. The molecule has 2 heterocycles. The fourth-order valence-electron chi connectivity index (χ4n) is 5.06. The number of aliphatic carboxylic acids is 1. The Kier molecular flexibility index (Phi) is 6.55. The Hall–Kier alpha value is -3.20. The third kappa shape index (κ3) is 4.67. The summed E-state index contributed by atoms with van der Waals surface area (Å²) in [5, 5.41) is 20.0. The Morgan fingerprint density at radius 1 is 1.12 bits per heavy atom. The molecule has 2 amide bonds. The summed E-state index contributed by atoms with van der Waals surface area (Å²) in [5.41, 5.74) is 0.860. The molecule has 170 valence electrons. The number of carbonyl (C=O) groups excluding carboxylic acids is 2. The van der Waals surface area contributed by atoms with E-state index in [4.69, 9.17) is 0 Å². The molecule has 3 atom stereocenters. The maximum absolute atomic E-state index is 13.0. The summed E-state index contributed by atoms with van der Waals surface area (Å²) in [6.45, 7) is 1.31. The zero-order valence-electron chi connectivity index (χ0n) is 18.1. The van der Waals surface area contributed by atoms with E-state index in [2.05, 4.69) is 15.7 Å². The van der Waals surface area contributed by atoms with E-state index < -0.39 is 24.1 Å². The Morgan fingerprint density at radius 2 is 1.84 bits per heavy atom. The van der Waals surface area contributed by atoms with Crippen molar-refractivity contribution in [1.29, 1.82) is 0 Å². The summed E-state index contributed by atoms with van der Waals surface area (Å²) in [6.07, 6.45) is 6.26. The van der Waals surface area contributed by atoms with Crippen LogP contribution < -0.4 is 10.6 Å². The normalized spacial score (nSPS) is 23.8. The van der Waals surface area contributed by atoms with Gasteiger partial charge < -0.3 is 15.7 Å². The first-order valence-electron chi connectivity index (χ1n) is 11.1. The highest BCUT2D eigenvalue weighted by Gasteiger charge is 2.46. The molecular formula is C23H29N5O4. The van der Waals surface area contributed by atoms with Crippen molar-refractivity contribution in [1.82, 2.24) is 20.0 Å². The molecule has 9 nitrogen and oxygen atoms in total. The molecule has 1 aromatic carbocycles. The van der Waals surface area contributed by atoms with E-state index in [0.717, 1.165) is 31.2 Å². The first-order chi connectivity index (χ1) is 15.4. The lowest BCUT2D eigenvalue weighted by Crippen LogP contribution is -2.44. The molecule has 2 fully saturated rings. The summed E-state index contributed by atoms with van der Waals surface area (Å²) in [6, 6.07) is 9.72. The molecule has 2 aliphatic rings. The zero-order chi connectivity index (χ0) is 22.7. The van der Waals surface area contributed by atoms with Gasteiger partial charge in [0, 0.05) is 13.0 Å². The molecule has 1 aliphatic heterocycles. The number of carboxylic acids is 1. The molecule has 2 aromatic rings. The van der Waals surface area contributed by atoms with Crippen LogP contribution in [0.5, 0.6) is 0 Å². The second-order valence-corrected chi connectivity index (χ2v) is 8.57. The maximum Gasteiger partial charge on any atom is 0.321 e. The molecule has 0 bridgehead atoms. The number of nitrogens with zero attached hydrogens (tertiary/aromatic N) is 3. The first kappa shape index (κ1) is 22.0. The quantitative estimate of drug-likeness (QED) is 0.610. The number of benzene rings is 1. The van der Waals surface area contributed by atoms with Gasteiger partial charge in [-0.05, 0) is 24.8 Å². The van der Waals surface area contributed by atoms with Gasteiger partial charge >= 0.3 is 5.97 Å². The van der Waals surface area contributed by atoms with Gasteiger partial charge in [-0.2, -0.15) is 5.10 Å². The first-order valence-corrected chi connectivity index (χ1v) is 11.1. The van der Waals surface area contributed by atoms with E-state index in [1.54, 1.807) is 17.2 Å². The number of amides is 2. The van der Waals surface area contributed by atoms with Crippen molar-refractivity contribution in [3.63, 3.8) is 0 Å². The van der Waals surface area contributed by atoms with E-state index in [-0.39, 0.29) is 30.8 Å². The Bertz CT molecular complexity index is 970. The lowest BCUT2D eigenvalue weighted by Gasteiger charge is -2.30. The number of carboxylic acid groups (broad SMARTS) is 1. The summed E-state index contributed by atoms with van der Waals surface area (Å²) in [5.74, 6) is -0.919. The van der Waals surface area contributed by atoms with Crippen molar-refractivity contribution in [2.75, 3.05) is 11.9 Å². The smallest absolute Gasteiger partial charge is 0.321 e. The number of nitrogens with one attached hydrogen (secondary N) is 2. The van der Waals surface area contributed by atoms with E-state index in [1.165, 1.54) is 6.92 Å². The number of hydrogen-bond acceptors (Lipinski definition) is 5. The van der Waals surface area contributed by atoms with Crippen molar-refractivity contribution < 1.29 is 19.5 Å². The van der Waals surface area contributed by atoms with Gasteiger partial charge in [-0.25, -0.2) is 4.68 Å². The molecule has 0 spiro atoms. The monoisotopic (exact) mass is 439 g/mol. The molecule has 32 heavy (non-hydrogen) atoms. The Morgan fingerprint density at radius 3 is 2.50 bits per heavy atom. The molecule has 1 aliphatic carbocycles. The minimum absolute atomic E-state index is 0.109. The van der Waals surface area contributed by atoms with Gasteiger partial charge in [0.05, 0.1) is 30.9 Å². The third-order valence-electron chi connectivity index (χ3n) is 6.37. The predicted molar refractivity (Wildman–Crippen MR) is 118 cm³/mol. The standard InChI is InChI=1S/C23H29N5O4/c1-15(29)25-18-13-19(23(31)32)27(22(18)16-7-3-2-4-8-16)14-21(30)26-20-11-12-24-28(20)17-9-5-6-10-17/h2-4,7-8,11-12,17-19,22H,5-6,9-10,13-14H2,1H3,(H,25,29)(H,26,30)(H,31,32)/t18-,19-,22-/m0/s1. The lowest BCUT2D eigenvalue weighted by atomic mass is 9.99. The van der Waals surface area contributed by atoms with Crippen LogP contribution in [0.25, 0.3) is 0 Å². The van der Waals surface area contributed by atoms with E-state index >= 15 is 0 Å². The van der Waals surface area contributed by atoms with Crippen molar-refractivity contribution in [3.05, 3.63) is 48.2 Å². The van der Waals surface area contributed by atoms with Crippen molar-refractivity contribution in [2.45, 2.75) is 63.2 Å². The second-order valence-electron chi connectivity index (χ2n) is 8.57. The van der Waals surface area contributed by atoms with Crippen LogP contribution in [-0.4, -0.2) is 56.2 Å². The summed E-state index contributed by atoms with van der Waals surface area (Å²) >= 11 is 0. The third-order valence-corrected chi connectivity index (χ3v) is 6.37. The average molecular weight is 440 g/mol. The van der Waals surface area contributed by atoms with Crippen LogP contribution in [0.1, 0.15) is 56.7 Å². The minimum Gasteiger partial charge on any atom is -0.480 e. The van der Waals surface area contributed by atoms with E-state index in [1.807, 2.05) is 35.0 Å². The van der Waals surface area contributed by atoms with Crippen molar-refractivity contribution in [2.24, 2.45) is 0 Å². The van der Waals surface area contributed by atoms with Gasteiger partial charge in [0.1, 0.15) is 11.9 Å². The van der Waals surface area contributed by atoms with Crippen molar-refractivity contribution >= 4 is 23.6 Å². The molecule has 1 aromatic heterocycles. The number of carbonyl (C=O) groups is 3. The highest BCUT2D eigenvalue weighted by Crippen LogP contribution is 2.37. The average Bonchev–Trinajstić information content (AvgIpc) is 3.48. The van der Waals surface area contributed by atoms with E-state index in [0.29, 0.717) is 5.82 Å². The molecule has 1 saturated carbocycles. The molecule has 0 radical (unpaired) electrons. The SMILES string of the molecule is CC(=O)N[C@H]1C[C@@H](C(=O)O)N(CC(=O)Nc2ccnn2C2CCCC2)[C@H]1c1ccccc1. The molecule has 0 unspecified atom stereocenters. The van der Waals surface area contributed by atoms with Crippen LogP contribution in [0.15, 0.2) is 42.6 Å².